The van der Waals surface area contributed by atoms with Gasteiger partial charge in [-0.2, -0.15) is 0 Å². The summed E-state index contributed by atoms with van der Waals surface area (Å²) in [5, 5.41) is 0. The van der Waals surface area contributed by atoms with Crippen LogP contribution in [0.3, 0.4) is 0 Å². The molecule has 1 aromatic carbocycles. The fourth-order valence-electron chi connectivity index (χ4n) is 4.12. The van der Waals surface area contributed by atoms with Crippen molar-refractivity contribution < 1.29 is 13.2 Å². The largest absolute Gasteiger partial charge is 0.340 e. The van der Waals surface area contributed by atoms with Gasteiger partial charge in [-0.1, -0.05) is 30.3 Å². The topological polar surface area (TPSA) is 57.7 Å². The van der Waals surface area contributed by atoms with E-state index in [1.807, 2.05) is 49.1 Å². The number of hydrogen-bond acceptors (Lipinski definition) is 3. The lowest BCUT2D eigenvalue weighted by atomic mass is 9.74. The molecule has 1 spiro atoms. The molecule has 1 aromatic rings. The Morgan fingerprint density at radius 1 is 1.12 bits per heavy atom. The van der Waals surface area contributed by atoms with Crippen LogP contribution in [-0.2, 0) is 20.6 Å². The molecule has 2 heterocycles. The summed E-state index contributed by atoms with van der Waals surface area (Å²) in [5.74, 6) is 0.251. The van der Waals surface area contributed by atoms with Crippen molar-refractivity contribution in [2.24, 2.45) is 5.41 Å². The number of benzene rings is 1. The van der Waals surface area contributed by atoms with E-state index in [1.54, 1.807) is 4.31 Å². The zero-order valence-electron chi connectivity index (χ0n) is 15.1. The van der Waals surface area contributed by atoms with Gasteiger partial charge in [-0.15, -0.1) is 0 Å². The zero-order chi connectivity index (χ0) is 18.1. The van der Waals surface area contributed by atoms with Gasteiger partial charge in [0, 0.05) is 37.5 Å². The van der Waals surface area contributed by atoms with Crippen LogP contribution < -0.4 is 0 Å². The molecule has 0 radical (unpaired) electrons. The third kappa shape index (κ3) is 4.06. The van der Waals surface area contributed by atoms with E-state index in [4.69, 9.17) is 0 Å². The molecule has 2 saturated heterocycles. The van der Waals surface area contributed by atoms with E-state index in [2.05, 4.69) is 0 Å². The molecule has 1 atom stereocenters. The third-order valence-electron chi connectivity index (χ3n) is 5.53. The van der Waals surface area contributed by atoms with Crippen LogP contribution in [0.4, 0.5) is 0 Å². The highest BCUT2D eigenvalue weighted by molar-refractivity contribution is 7.88. The summed E-state index contributed by atoms with van der Waals surface area (Å²) >= 11 is 0. The summed E-state index contributed by atoms with van der Waals surface area (Å²) in [6.45, 7) is 5.87. The van der Waals surface area contributed by atoms with Crippen LogP contribution in [0, 0.1) is 5.41 Å². The van der Waals surface area contributed by atoms with Crippen LogP contribution >= 0.6 is 0 Å². The number of carbonyl (C=O) groups excluding carboxylic acids is 1. The number of carbonyl (C=O) groups is 1. The number of hydrogen-bond donors (Lipinski definition) is 0. The van der Waals surface area contributed by atoms with Gasteiger partial charge in [-0.25, -0.2) is 12.7 Å². The summed E-state index contributed by atoms with van der Waals surface area (Å²) in [6, 6.07) is 9.52. The van der Waals surface area contributed by atoms with E-state index in [-0.39, 0.29) is 23.1 Å². The molecular weight excluding hydrogens is 336 g/mol. The zero-order valence-corrected chi connectivity index (χ0v) is 16.0. The molecule has 0 bridgehead atoms. The van der Waals surface area contributed by atoms with Crippen LogP contribution in [-0.4, -0.2) is 49.2 Å². The number of nitrogens with zero attached hydrogens (tertiary/aromatic N) is 2. The van der Waals surface area contributed by atoms with E-state index in [9.17, 15) is 13.2 Å². The van der Waals surface area contributed by atoms with E-state index in [1.165, 1.54) is 0 Å². The van der Waals surface area contributed by atoms with Crippen molar-refractivity contribution in [1.29, 1.82) is 0 Å². The van der Waals surface area contributed by atoms with Gasteiger partial charge in [0.1, 0.15) is 0 Å². The summed E-state index contributed by atoms with van der Waals surface area (Å²) in [5.41, 5.74) is 0.741. The lowest BCUT2D eigenvalue weighted by Crippen LogP contribution is -2.56. The van der Waals surface area contributed by atoms with Crippen molar-refractivity contribution in [1.82, 2.24) is 9.21 Å². The van der Waals surface area contributed by atoms with Gasteiger partial charge in [0.05, 0.1) is 5.75 Å². The van der Waals surface area contributed by atoms with Crippen LogP contribution in [0.25, 0.3) is 0 Å². The second kappa shape index (κ2) is 7.08. The molecule has 138 valence electrons. The Bertz CT molecular complexity index is 717. The Morgan fingerprint density at radius 2 is 1.84 bits per heavy atom. The summed E-state index contributed by atoms with van der Waals surface area (Å²) < 4.78 is 27.5. The molecule has 0 aliphatic carbocycles. The first-order chi connectivity index (χ1) is 11.8. The highest BCUT2D eigenvalue weighted by atomic mass is 32.2. The molecule has 2 fully saturated rings. The van der Waals surface area contributed by atoms with E-state index < -0.39 is 10.0 Å². The Hall–Kier alpha value is -1.40. The normalized spacial score (nSPS) is 25.7. The van der Waals surface area contributed by atoms with Gasteiger partial charge in [0.15, 0.2) is 0 Å². The molecule has 3 rings (SSSR count). The van der Waals surface area contributed by atoms with Gasteiger partial charge in [0.25, 0.3) is 0 Å². The Labute approximate surface area is 151 Å². The number of likely N-dealkylation sites (tertiary alicyclic amines) is 1. The SMILES string of the molecule is CC(C)N1CC2(CCCN(S(=O)(=O)Cc3ccccc3)C2)CCC1=O. The van der Waals surface area contributed by atoms with Crippen molar-refractivity contribution >= 4 is 15.9 Å². The predicted octanol–water partition coefficient (Wildman–Crippen LogP) is 2.63. The molecule has 25 heavy (non-hydrogen) atoms. The standard InChI is InChI=1S/C19H28N2O3S/c1-16(2)21-15-19(11-9-18(21)22)10-6-12-20(14-19)25(23,24)13-17-7-4-3-5-8-17/h3-5,7-8,16H,6,9-15H2,1-2H3. The second-order valence-electron chi connectivity index (χ2n) is 7.79. The second-order valence-corrected chi connectivity index (χ2v) is 9.76. The van der Waals surface area contributed by atoms with Gasteiger partial charge < -0.3 is 4.90 Å². The van der Waals surface area contributed by atoms with Gasteiger partial charge in [0.2, 0.25) is 15.9 Å². The third-order valence-corrected chi connectivity index (χ3v) is 7.33. The van der Waals surface area contributed by atoms with Crippen molar-refractivity contribution in [2.45, 2.75) is 51.3 Å². The van der Waals surface area contributed by atoms with Crippen molar-refractivity contribution in [3.05, 3.63) is 35.9 Å². The Morgan fingerprint density at radius 3 is 2.52 bits per heavy atom. The first kappa shape index (κ1) is 18.4. The first-order valence-electron chi connectivity index (χ1n) is 9.13. The average molecular weight is 365 g/mol. The van der Waals surface area contributed by atoms with Crippen molar-refractivity contribution in [3.63, 3.8) is 0 Å². The quantitative estimate of drug-likeness (QED) is 0.825. The average Bonchev–Trinajstić information content (AvgIpc) is 2.58. The Kier molecular flexibility index (Phi) is 5.21. The summed E-state index contributed by atoms with van der Waals surface area (Å²) in [6.07, 6.45) is 3.20. The Balaban J connectivity index is 1.75. The van der Waals surface area contributed by atoms with Crippen molar-refractivity contribution in [2.75, 3.05) is 19.6 Å². The maximum Gasteiger partial charge on any atom is 0.222 e. The number of amides is 1. The fraction of sp³-hybridized carbons (Fsp3) is 0.632. The number of sulfonamides is 1. The van der Waals surface area contributed by atoms with E-state index in [0.717, 1.165) is 24.8 Å². The molecule has 0 saturated carbocycles. The summed E-state index contributed by atoms with van der Waals surface area (Å²) in [4.78, 5) is 14.1. The van der Waals surface area contributed by atoms with E-state index >= 15 is 0 Å². The minimum absolute atomic E-state index is 0.0523. The lowest BCUT2D eigenvalue weighted by molar-refractivity contribution is -0.140. The van der Waals surface area contributed by atoms with Crippen LogP contribution in [0.1, 0.15) is 45.1 Å². The fourth-order valence-corrected chi connectivity index (χ4v) is 5.80. The number of piperidine rings is 2. The lowest BCUT2D eigenvalue weighted by Gasteiger charge is -2.48. The van der Waals surface area contributed by atoms with Gasteiger partial charge in [-0.05, 0) is 38.7 Å². The van der Waals surface area contributed by atoms with Crippen LogP contribution in [0.5, 0.6) is 0 Å². The maximum absolute atomic E-state index is 12.9. The van der Waals surface area contributed by atoms with Crippen molar-refractivity contribution in [3.8, 4) is 0 Å². The molecule has 0 N–H and O–H groups in total. The highest BCUT2D eigenvalue weighted by Crippen LogP contribution is 2.40. The molecule has 5 nitrogen and oxygen atoms in total. The molecule has 2 aliphatic heterocycles. The molecule has 2 aliphatic rings. The predicted molar refractivity (Wildman–Crippen MR) is 98.4 cm³/mol. The molecule has 1 unspecified atom stereocenters. The minimum Gasteiger partial charge on any atom is -0.340 e. The maximum atomic E-state index is 12.9. The molecule has 0 aromatic heterocycles. The van der Waals surface area contributed by atoms with Crippen LogP contribution in [0.2, 0.25) is 0 Å². The summed E-state index contributed by atoms with van der Waals surface area (Å²) in [7, 11) is -3.33. The van der Waals surface area contributed by atoms with Crippen LogP contribution in [0.15, 0.2) is 30.3 Å². The molecular formula is C19H28N2O3S. The highest BCUT2D eigenvalue weighted by Gasteiger charge is 2.44. The monoisotopic (exact) mass is 364 g/mol. The first-order valence-corrected chi connectivity index (χ1v) is 10.7. The number of rotatable bonds is 4. The van der Waals surface area contributed by atoms with Gasteiger partial charge >= 0.3 is 0 Å². The molecule has 1 amide bonds. The minimum atomic E-state index is -3.33. The smallest absolute Gasteiger partial charge is 0.222 e. The van der Waals surface area contributed by atoms with Gasteiger partial charge in [-0.3, -0.25) is 4.79 Å². The van der Waals surface area contributed by atoms with E-state index in [0.29, 0.717) is 26.1 Å². The molecule has 6 heteroatoms.